The van der Waals surface area contributed by atoms with Crippen LogP contribution in [0.2, 0.25) is 0 Å². The lowest BCUT2D eigenvalue weighted by atomic mass is 9.85. The van der Waals surface area contributed by atoms with E-state index in [0.29, 0.717) is 50.4 Å². The second-order valence-electron chi connectivity index (χ2n) is 22.0. The van der Waals surface area contributed by atoms with Gasteiger partial charge in [-0.25, -0.2) is 14.4 Å². The Balaban J connectivity index is -0.000000543. The molecular weight excluding hydrogens is 1170 g/mol. The van der Waals surface area contributed by atoms with Gasteiger partial charge in [0.25, 0.3) is 5.91 Å². The number of halogens is 2. The van der Waals surface area contributed by atoms with E-state index in [1.165, 1.54) is 52.9 Å². The van der Waals surface area contributed by atoms with Crippen molar-refractivity contribution in [2.75, 3.05) is 27.3 Å². The van der Waals surface area contributed by atoms with Gasteiger partial charge in [0.15, 0.2) is 30.4 Å². The van der Waals surface area contributed by atoms with E-state index in [0.717, 1.165) is 17.1 Å². The Morgan fingerprint density at radius 1 is 0.537 bits per heavy atom. The largest absolute Gasteiger partial charge is 0.458 e. The maximum Gasteiger partial charge on any atom is 0.329 e. The number of ketones is 2. The van der Waals surface area contributed by atoms with Crippen LogP contribution in [-0.2, 0) is 68.0 Å². The van der Waals surface area contributed by atoms with E-state index < -0.39 is 54.7 Å². The molecule has 0 aliphatic carbocycles. The van der Waals surface area contributed by atoms with Crippen LogP contribution in [-0.4, -0.2) is 109 Å². The lowest BCUT2D eigenvalue weighted by molar-refractivity contribution is -0.165. The van der Waals surface area contributed by atoms with Gasteiger partial charge in [-0.1, -0.05) is 209 Å². The molecule has 7 unspecified atom stereocenters. The van der Waals surface area contributed by atoms with E-state index >= 15 is 0 Å². The van der Waals surface area contributed by atoms with Crippen molar-refractivity contribution in [3.63, 3.8) is 0 Å². The number of ether oxygens (including phenoxy) is 4. The average molecular weight is 1280 g/mol. The highest BCUT2D eigenvalue weighted by Gasteiger charge is 2.34. The fraction of sp³-hybridized carbons (Fsp3) is 0.682. The first kappa shape index (κ1) is 83.8. The molecule has 7 atom stereocenters. The predicted octanol–water partition coefficient (Wildman–Crippen LogP) is 15.0. The van der Waals surface area contributed by atoms with Crippen molar-refractivity contribution < 1.29 is 57.3 Å². The molecule has 16 heteroatoms. The van der Waals surface area contributed by atoms with Crippen molar-refractivity contribution in [2.24, 2.45) is 41.4 Å². The number of likely N-dealkylation sites (N-methyl/N-ethyl adjacent to an activating group) is 2. The molecule has 0 aliphatic heterocycles. The van der Waals surface area contributed by atoms with Crippen LogP contribution < -0.4 is 0 Å². The molecule has 0 heterocycles. The number of esters is 4. The summed E-state index contributed by atoms with van der Waals surface area (Å²) in [5.74, 6) is -0.578. The highest BCUT2D eigenvalue weighted by atomic mass is 79.9. The number of nitrogens with zero attached hydrogens (tertiary/aromatic N) is 2. The molecule has 2 aromatic rings. The van der Waals surface area contributed by atoms with E-state index in [1.807, 2.05) is 90.0 Å². The number of rotatable bonds is 29. The molecule has 82 heavy (non-hydrogen) atoms. The normalized spacial score (nSPS) is 12.9. The third kappa shape index (κ3) is 38.2. The van der Waals surface area contributed by atoms with Gasteiger partial charge in [0.05, 0.1) is 11.8 Å². The van der Waals surface area contributed by atoms with E-state index in [9.17, 15) is 38.4 Å². The highest BCUT2D eigenvalue weighted by molar-refractivity contribution is 9.08. The summed E-state index contributed by atoms with van der Waals surface area (Å²) in [4.78, 5) is 100. The van der Waals surface area contributed by atoms with Gasteiger partial charge in [0, 0.05) is 31.2 Å². The van der Waals surface area contributed by atoms with Crippen molar-refractivity contribution in [2.45, 2.75) is 225 Å². The number of benzene rings is 2. The monoisotopic (exact) mass is 1280 g/mol. The van der Waals surface area contributed by atoms with Crippen molar-refractivity contribution in [1.29, 1.82) is 0 Å². The molecule has 0 fully saturated rings. The molecule has 0 saturated carbocycles. The Morgan fingerprint density at radius 2 is 0.927 bits per heavy atom. The fourth-order valence-electron chi connectivity index (χ4n) is 7.52. The summed E-state index contributed by atoms with van der Waals surface area (Å²) in [6.45, 7) is 39.5. The van der Waals surface area contributed by atoms with Crippen LogP contribution in [0.25, 0.3) is 0 Å². The summed E-state index contributed by atoms with van der Waals surface area (Å²) in [6, 6.07) is 15.4. The number of Topliss-reactive ketones (excluding diaryl/α,β-unsaturated/α-hetero) is 2. The molecule has 0 spiro atoms. The van der Waals surface area contributed by atoms with Crippen LogP contribution >= 0.6 is 31.9 Å². The summed E-state index contributed by atoms with van der Waals surface area (Å²) < 4.78 is 21.2. The van der Waals surface area contributed by atoms with Gasteiger partial charge >= 0.3 is 23.9 Å². The number of carbonyl (C=O) groups is 7. The summed E-state index contributed by atoms with van der Waals surface area (Å²) in [7, 11) is 3.06. The molecular formula is C66H110Br2N2O12. The standard InChI is InChI=1S/C25H45NO6.C21H35NO6.2C8H9Br.2C2H6/c1-10-12-22(27)19(8)32-25(30)21(14-17(5)6)26(9)23(28)15-31-24(29)20(13-16(3)4)18(7)11-2;1-13(2)9-15(5)20(25)27-12-18(11-23)22(8)19(10-14(3)4)21(26)28-17(7)16(6)24;2*1-7-2-4-8(6-9)5-3-7;2*1-2/h16-21H,10-15H2,1-9H3;13-15,17,19H,9-10,12H2,1-8H3;2*2-5H,6H2,1H3;2*1-2H3. The zero-order valence-electron chi connectivity index (χ0n) is 54.8. The smallest absolute Gasteiger partial charge is 0.329 e. The van der Waals surface area contributed by atoms with Crippen molar-refractivity contribution in [3.05, 3.63) is 76.5 Å². The molecule has 0 aromatic heterocycles. The zero-order chi connectivity index (χ0) is 64.4. The summed E-state index contributed by atoms with van der Waals surface area (Å²) in [5, 5.41) is 1.90. The summed E-state index contributed by atoms with van der Waals surface area (Å²) >= 11 is 6.76. The first-order chi connectivity index (χ1) is 38.4. The number of aryl methyl sites for hydroxylation is 2. The van der Waals surface area contributed by atoms with Gasteiger partial charge in [-0.2, -0.15) is 0 Å². The van der Waals surface area contributed by atoms with Crippen LogP contribution in [0.15, 0.2) is 54.2 Å². The fourth-order valence-corrected chi connectivity index (χ4v) is 8.27. The number of carbonyl (C=O) groups excluding carboxylic acids is 8. The Kier molecular flexibility index (Phi) is 49.8. The highest BCUT2D eigenvalue weighted by Crippen LogP contribution is 2.25. The summed E-state index contributed by atoms with van der Waals surface area (Å²) in [5.41, 5.74) is 5.35. The van der Waals surface area contributed by atoms with Crippen molar-refractivity contribution in [3.8, 4) is 0 Å². The Morgan fingerprint density at radius 3 is 1.28 bits per heavy atom. The zero-order valence-corrected chi connectivity index (χ0v) is 58.0. The summed E-state index contributed by atoms with van der Waals surface area (Å²) in [6.07, 6.45) is 2.30. The number of hydrogen-bond acceptors (Lipinski definition) is 13. The molecule has 0 N–H and O–H groups in total. The molecule has 14 nitrogen and oxygen atoms in total. The van der Waals surface area contributed by atoms with Gasteiger partial charge < -0.3 is 28.7 Å². The molecule has 0 bridgehead atoms. The lowest BCUT2D eigenvalue weighted by Gasteiger charge is -2.30. The minimum absolute atomic E-state index is 0.0446. The molecule has 0 aliphatic rings. The van der Waals surface area contributed by atoms with E-state index in [1.54, 1.807) is 26.8 Å². The third-order valence-corrected chi connectivity index (χ3v) is 14.0. The lowest BCUT2D eigenvalue weighted by Crippen LogP contribution is -2.47. The average Bonchev–Trinajstić information content (AvgIpc) is 3.44. The van der Waals surface area contributed by atoms with Crippen LogP contribution in [0.1, 0.15) is 199 Å². The topological polar surface area (TPSA) is 180 Å². The van der Waals surface area contributed by atoms with Gasteiger partial charge in [-0.15, -0.1) is 0 Å². The van der Waals surface area contributed by atoms with Crippen LogP contribution in [0.5, 0.6) is 0 Å². The molecule has 2 rings (SSSR count). The van der Waals surface area contributed by atoms with Gasteiger partial charge in [-0.3, -0.25) is 24.0 Å². The number of amides is 1. The van der Waals surface area contributed by atoms with Crippen LogP contribution in [0, 0.1) is 55.3 Å². The van der Waals surface area contributed by atoms with Gasteiger partial charge in [0.1, 0.15) is 30.3 Å². The Hall–Kier alpha value is -4.66. The van der Waals surface area contributed by atoms with Gasteiger partial charge in [0.2, 0.25) is 0 Å². The van der Waals surface area contributed by atoms with E-state index in [4.69, 9.17) is 18.9 Å². The van der Waals surface area contributed by atoms with E-state index in [2.05, 4.69) is 108 Å². The second kappa shape index (κ2) is 48.7. The van der Waals surface area contributed by atoms with E-state index in [-0.39, 0.29) is 59.4 Å². The predicted molar refractivity (Wildman–Crippen MR) is 341 cm³/mol. The minimum atomic E-state index is -0.867. The molecule has 2 aromatic carbocycles. The first-order valence-corrected chi connectivity index (χ1v) is 31.9. The number of alkyl halides is 2. The maximum absolute atomic E-state index is 12.8. The Labute approximate surface area is 514 Å². The SMILES string of the molecule is CC.CC.CC(=O)C(C)OC(=O)C(CC(C)C)N(C)C(=C=O)COC(=O)C(C)CC(C)C.CCCC(=O)C(C)OC(=O)C(CC(C)C)N(C)C(=O)COC(=O)C(CC(C)C)C(C)CC.Cc1ccc(CBr)cc1.Cc1ccc(CBr)cc1. The molecule has 470 valence electrons. The van der Waals surface area contributed by atoms with Crippen LogP contribution in [0.3, 0.4) is 0 Å². The third-order valence-electron chi connectivity index (χ3n) is 12.7. The number of hydrogen-bond donors (Lipinski definition) is 0. The van der Waals surface area contributed by atoms with Crippen molar-refractivity contribution in [1.82, 2.24) is 9.80 Å². The Bertz CT molecular complexity index is 2090. The minimum Gasteiger partial charge on any atom is -0.458 e. The second-order valence-corrected chi connectivity index (χ2v) is 23.2. The molecule has 0 radical (unpaired) electrons. The molecule has 1 amide bonds. The van der Waals surface area contributed by atoms with Crippen molar-refractivity contribution >= 4 is 79.2 Å². The van der Waals surface area contributed by atoms with Crippen LogP contribution in [0.4, 0.5) is 0 Å². The first-order valence-electron chi connectivity index (χ1n) is 29.6. The maximum atomic E-state index is 12.8. The quantitative estimate of drug-likeness (QED) is 0.0325. The molecule has 0 saturated heterocycles. The van der Waals surface area contributed by atoms with Gasteiger partial charge in [-0.05, 0) is 107 Å².